The van der Waals surface area contributed by atoms with Gasteiger partial charge in [-0.1, -0.05) is 0 Å². The first-order valence-corrected chi connectivity index (χ1v) is 5.25. The fraction of sp³-hybridized carbons (Fsp3) is 0.300. The van der Waals surface area contributed by atoms with Crippen LogP contribution in [0.15, 0.2) is 16.6 Å². The average molecular weight is 292 g/mol. The molecular formula is C10H11BrFNO3. The number of hydrogen-bond donors (Lipinski definition) is 2. The summed E-state index contributed by atoms with van der Waals surface area (Å²) in [5, 5.41) is 8.66. The van der Waals surface area contributed by atoms with Crippen LogP contribution >= 0.6 is 15.9 Å². The van der Waals surface area contributed by atoms with Crippen LogP contribution in [0.4, 0.5) is 4.39 Å². The minimum absolute atomic E-state index is 0.0318. The van der Waals surface area contributed by atoms with Crippen LogP contribution in [0.25, 0.3) is 0 Å². The lowest BCUT2D eigenvalue weighted by atomic mass is 10.1. The Morgan fingerprint density at radius 1 is 1.69 bits per heavy atom. The van der Waals surface area contributed by atoms with E-state index in [-0.39, 0.29) is 6.42 Å². The highest BCUT2D eigenvalue weighted by Gasteiger charge is 2.16. The number of ether oxygens (including phenoxy) is 1. The van der Waals surface area contributed by atoms with Crippen molar-refractivity contribution < 1.29 is 19.0 Å². The van der Waals surface area contributed by atoms with Crippen molar-refractivity contribution in [1.29, 1.82) is 0 Å². The first-order valence-electron chi connectivity index (χ1n) is 4.46. The summed E-state index contributed by atoms with van der Waals surface area (Å²) < 4.78 is 18.6. The van der Waals surface area contributed by atoms with Gasteiger partial charge in [0, 0.05) is 6.07 Å². The van der Waals surface area contributed by atoms with Gasteiger partial charge in [0.15, 0.2) is 0 Å². The van der Waals surface area contributed by atoms with Crippen LogP contribution in [0.3, 0.4) is 0 Å². The average Bonchev–Trinajstić information content (AvgIpc) is 2.22. The zero-order valence-corrected chi connectivity index (χ0v) is 10.1. The first-order chi connectivity index (χ1) is 7.45. The molecule has 0 aromatic heterocycles. The summed E-state index contributed by atoms with van der Waals surface area (Å²) in [4.78, 5) is 10.6. The van der Waals surface area contributed by atoms with Gasteiger partial charge < -0.3 is 15.6 Å². The Morgan fingerprint density at radius 2 is 2.31 bits per heavy atom. The highest BCUT2D eigenvalue weighted by Crippen LogP contribution is 2.30. The van der Waals surface area contributed by atoms with Gasteiger partial charge in [-0.2, -0.15) is 0 Å². The highest BCUT2D eigenvalue weighted by molar-refractivity contribution is 9.10. The summed E-state index contributed by atoms with van der Waals surface area (Å²) in [5.74, 6) is -1.31. The summed E-state index contributed by atoms with van der Waals surface area (Å²) in [5.41, 5.74) is 5.84. The van der Waals surface area contributed by atoms with Crippen molar-refractivity contribution in [3.63, 3.8) is 0 Å². The molecule has 6 heteroatoms. The zero-order valence-electron chi connectivity index (χ0n) is 8.54. The van der Waals surface area contributed by atoms with Crippen LogP contribution in [0.1, 0.15) is 5.56 Å². The summed E-state index contributed by atoms with van der Waals surface area (Å²) in [6, 6.07) is 1.37. The lowest BCUT2D eigenvalue weighted by Crippen LogP contribution is -2.32. The van der Waals surface area contributed by atoms with E-state index >= 15 is 0 Å². The number of carbonyl (C=O) groups is 1. The summed E-state index contributed by atoms with van der Waals surface area (Å²) in [6.45, 7) is 0. The van der Waals surface area contributed by atoms with Crippen LogP contribution < -0.4 is 10.5 Å². The van der Waals surface area contributed by atoms with Crippen LogP contribution in [0.2, 0.25) is 0 Å². The quantitative estimate of drug-likeness (QED) is 0.883. The van der Waals surface area contributed by atoms with Crippen molar-refractivity contribution in [2.45, 2.75) is 12.5 Å². The number of rotatable bonds is 4. The molecule has 0 spiro atoms. The zero-order chi connectivity index (χ0) is 12.3. The molecule has 0 aliphatic rings. The SMILES string of the molecule is COc1cc(F)cc(CC(N)C(=O)O)c1Br. The monoisotopic (exact) mass is 291 g/mol. The summed E-state index contributed by atoms with van der Waals surface area (Å²) >= 11 is 3.21. The predicted molar refractivity (Wildman–Crippen MR) is 60.0 cm³/mol. The van der Waals surface area contributed by atoms with E-state index < -0.39 is 17.8 Å². The molecule has 0 bridgehead atoms. The van der Waals surface area contributed by atoms with Gasteiger partial charge in [0.2, 0.25) is 0 Å². The molecule has 3 N–H and O–H groups in total. The third kappa shape index (κ3) is 2.93. The number of halogens is 2. The first kappa shape index (κ1) is 12.9. The molecular weight excluding hydrogens is 281 g/mol. The van der Waals surface area contributed by atoms with E-state index in [2.05, 4.69) is 15.9 Å². The Labute approximate surface area is 100 Å². The molecule has 0 radical (unpaired) electrons. The Bertz CT molecular complexity index is 411. The van der Waals surface area contributed by atoms with Crippen molar-refractivity contribution in [2.24, 2.45) is 5.73 Å². The topological polar surface area (TPSA) is 72.5 Å². The van der Waals surface area contributed by atoms with Crippen molar-refractivity contribution in [3.05, 3.63) is 28.0 Å². The van der Waals surface area contributed by atoms with Gasteiger partial charge in [0.1, 0.15) is 17.6 Å². The van der Waals surface area contributed by atoms with E-state index in [1.807, 2.05) is 0 Å². The van der Waals surface area contributed by atoms with Gasteiger partial charge in [0.05, 0.1) is 11.6 Å². The minimum atomic E-state index is -1.13. The van der Waals surface area contributed by atoms with E-state index in [0.29, 0.717) is 15.8 Å². The standard InChI is InChI=1S/C10H11BrFNO3/c1-16-8-4-6(12)2-5(9(8)11)3-7(13)10(14)15/h2,4,7H,3,13H2,1H3,(H,14,15). The maximum Gasteiger partial charge on any atom is 0.320 e. The maximum absolute atomic E-state index is 13.2. The van der Waals surface area contributed by atoms with E-state index in [9.17, 15) is 9.18 Å². The highest BCUT2D eigenvalue weighted by atomic mass is 79.9. The van der Waals surface area contributed by atoms with E-state index in [1.165, 1.54) is 19.2 Å². The van der Waals surface area contributed by atoms with Crippen LogP contribution in [-0.2, 0) is 11.2 Å². The Morgan fingerprint density at radius 3 is 2.81 bits per heavy atom. The molecule has 1 aromatic carbocycles. The second-order valence-electron chi connectivity index (χ2n) is 3.23. The Hall–Kier alpha value is -1.14. The molecule has 0 saturated heterocycles. The molecule has 0 amide bonds. The molecule has 0 fully saturated rings. The predicted octanol–water partition coefficient (Wildman–Crippen LogP) is 1.55. The summed E-state index contributed by atoms with van der Waals surface area (Å²) in [7, 11) is 1.40. The Balaban J connectivity index is 3.04. The van der Waals surface area contributed by atoms with E-state index in [4.69, 9.17) is 15.6 Å². The fourth-order valence-corrected chi connectivity index (χ4v) is 1.79. The molecule has 0 aliphatic carbocycles. The molecule has 16 heavy (non-hydrogen) atoms. The van der Waals surface area contributed by atoms with E-state index in [0.717, 1.165) is 0 Å². The molecule has 1 atom stereocenters. The molecule has 88 valence electrons. The van der Waals surface area contributed by atoms with Gasteiger partial charge >= 0.3 is 5.97 Å². The van der Waals surface area contributed by atoms with Crippen LogP contribution in [-0.4, -0.2) is 24.2 Å². The second kappa shape index (κ2) is 5.27. The van der Waals surface area contributed by atoms with Gasteiger partial charge in [-0.25, -0.2) is 4.39 Å². The van der Waals surface area contributed by atoms with Crippen molar-refractivity contribution in [1.82, 2.24) is 0 Å². The number of aliphatic carboxylic acids is 1. The molecule has 1 rings (SSSR count). The smallest absolute Gasteiger partial charge is 0.320 e. The van der Waals surface area contributed by atoms with Gasteiger partial charge in [-0.05, 0) is 34.0 Å². The molecule has 0 heterocycles. The van der Waals surface area contributed by atoms with Gasteiger partial charge in [-0.3, -0.25) is 4.79 Å². The van der Waals surface area contributed by atoms with Gasteiger partial charge in [0.25, 0.3) is 0 Å². The number of carboxylic acids is 1. The third-order valence-corrected chi connectivity index (χ3v) is 2.96. The molecule has 1 unspecified atom stereocenters. The number of benzene rings is 1. The van der Waals surface area contributed by atoms with Crippen molar-refractivity contribution >= 4 is 21.9 Å². The van der Waals surface area contributed by atoms with Crippen molar-refractivity contribution in [2.75, 3.05) is 7.11 Å². The largest absolute Gasteiger partial charge is 0.495 e. The maximum atomic E-state index is 13.2. The lowest BCUT2D eigenvalue weighted by molar-refractivity contribution is -0.138. The molecule has 0 aliphatic heterocycles. The number of carboxylic acid groups (broad SMARTS) is 1. The van der Waals surface area contributed by atoms with E-state index in [1.54, 1.807) is 0 Å². The van der Waals surface area contributed by atoms with Crippen LogP contribution in [0, 0.1) is 5.82 Å². The van der Waals surface area contributed by atoms with Gasteiger partial charge in [-0.15, -0.1) is 0 Å². The number of hydrogen-bond acceptors (Lipinski definition) is 3. The minimum Gasteiger partial charge on any atom is -0.495 e. The normalized spacial score (nSPS) is 12.2. The Kier molecular flexibility index (Phi) is 4.26. The third-order valence-electron chi connectivity index (χ3n) is 2.06. The molecule has 1 aromatic rings. The molecule has 4 nitrogen and oxygen atoms in total. The van der Waals surface area contributed by atoms with Crippen LogP contribution in [0.5, 0.6) is 5.75 Å². The number of methoxy groups -OCH3 is 1. The van der Waals surface area contributed by atoms with Crippen molar-refractivity contribution in [3.8, 4) is 5.75 Å². The molecule has 0 saturated carbocycles. The fourth-order valence-electron chi connectivity index (χ4n) is 1.24. The lowest BCUT2D eigenvalue weighted by Gasteiger charge is -2.11. The summed E-state index contributed by atoms with van der Waals surface area (Å²) in [6.07, 6.45) is 0.0318. The number of nitrogens with two attached hydrogens (primary N) is 1. The second-order valence-corrected chi connectivity index (χ2v) is 4.02.